The number of aromatic nitrogens is 1. The summed E-state index contributed by atoms with van der Waals surface area (Å²) < 4.78 is 5.40. The Bertz CT molecular complexity index is 710. The number of methoxy groups -OCH3 is 1. The molecule has 0 fully saturated rings. The monoisotopic (exact) mass is 225 g/mol. The molecule has 0 unspecified atom stereocenters. The Morgan fingerprint density at radius 2 is 1.71 bits per heavy atom. The van der Waals surface area contributed by atoms with Crippen LogP contribution in [0.3, 0.4) is 0 Å². The summed E-state index contributed by atoms with van der Waals surface area (Å²) in [4.78, 5) is 3.47. The van der Waals surface area contributed by atoms with E-state index >= 15 is 0 Å². The average Bonchev–Trinajstić information content (AvgIpc) is 2.65. The van der Waals surface area contributed by atoms with Crippen molar-refractivity contribution in [2.24, 2.45) is 0 Å². The van der Waals surface area contributed by atoms with Crippen LogP contribution in [0.15, 0.2) is 30.3 Å². The summed E-state index contributed by atoms with van der Waals surface area (Å²) in [5.74, 6) is 0.925. The van der Waals surface area contributed by atoms with E-state index in [1.807, 2.05) is 12.1 Å². The van der Waals surface area contributed by atoms with Crippen LogP contribution in [-0.2, 0) is 0 Å². The molecule has 86 valence electrons. The van der Waals surface area contributed by atoms with Crippen LogP contribution in [0.1, 0.15) is 11.3 Å². The number of hydrogen-bond acceptors (Lipinski definition) is 1. The van der Waals surface area contributed by atoms with Crippen LogP contribution < -0.4 is 4.74 Å². The fourth-order valence-corrected chi connectivity index (χ4v) is 2.44. The summed E-state index contributed by atoms with van der Waals surface area (Å²) in [7, 11) is 1.71. The molecule has 2 nitrogen and oxygen atoms in total. The topological polar surface area (TPSA) is 25.0 Å². The Labute approximate surface area is 100 Å². The molecule has 0 saturated heterocycles. The van der Waals surface area contributed by atoms with Gasteiger partial charge in [0.1, 0.15) is 5.75 Å². The first-order valence-corrected chi connectivity index (χ1v) is 5.77. The van der Waals surface area contributed by atoms with Gasteiger partial charge < -0.3 is 9.72 Å². The molecule has 1 heterocycles. The third-order valence-corrected chi connectivity index (χ3v) is 3.52. The lowest BCUT2D eigenvalue weighted by Crippen LogP contribution is -1.85. The molecule has 0 aliphatic carbocycles. The van der Waals surface area contributed by atoms with Crippen molar-refractivity contribution in [3.8, 4) is 5.75 Å². The summed E-state index contributed by atoms with van der Waals surface area (Å²) in [5.41, 5.74) is 3.76. The van der Waals surface area contributed by atoms with E-state index in [1.54, 1.807) is 7.11 Å². The van der Waals surface area contributed by atoms with Gasteiger partial charge >= 0.3 is 0 Å². The lowest BCUT2D eigenvalue weighted by molar-refractivity contribution is 0.420. The van der Waals surface area contributed by atoms with Gasteiger partial charge in [-0.05, 0) is 31.5 Å². The smallest absolute Gasteiger partial charge is 0.126 e. The molecule has 3 aromatic rings. The molecule has 17 heavy (non-hydrogen) atoms. The largest absolute Gasteiger partial charge is 0.496 e. The van der Waals surface area contributed by atoms with Gasteiger partial charge in [0, 0.05) is 21.9 Å². The van der Waals surface area contributed by atoms with Crippen molar-refractivity contribution >= 4 is 21.7 Å². The molecule has 1 aromatic heterocycles. The Morgan fingerprint density at radius 1 is 0.941 bits per heavy atom. The first-order valence-electron chi connectivity index (χ1n) is 5.77. The predicted molar refractivity (Wildman–Crippen MR) is 71.8 cm³/mol. The lowest BCUT2D eigenvalue weighted by atomic mass is 10.0. The van der Waals surface area contributed by atoms with Gasteiger partial charge in [-0.15, -0.1) is 0 Å². The highest BCUT2D eigenvalue weighted by Crippen LogP contribution is 2.33. The molecular weight excluding hydrogens is 210 g/mol. The fourth-order valence-electron chi connectivity index (χ4n) is 2.44. The van der Waals surface area contributed by atoms with Gasteiger partial charge in [0.05, 0.1) is 12.6 Å². The number of fused-ring (bicyclic) bond motifs is 3. The number of aryl methyl sites for hydroxylation is 2. The van der Waals surface area contributed by atoms with Gasteiger partial charge in [-0.2, -0.15) is 0 Å². The van der Waals surface area contributed by atoms with Crippen molar-refractivity contribution in [3.63, 3.8) is 0 Å². The van der Waals surface area contributed by atoms with Crippen molar-refractivity contribution in [2.75, 3.05) is 7.11 Å². The molecule has 0 aliphatic rings. The van der Waals surface area contributed by atoms with Gasteiger partial charge in [0.2, 0.25) is 0 Å². The van der Waals surface area contributed by atoms with Crippen LogP contribution in [0, 0.1) is 13.8 Å². The van der Waals surface area contributed by atoms with Gasteiger partial charge in [0.25, 0.3) is 0 Å². The average molecular weight is 225 g/mol. The number of ether oxygens (including phenoxy) is 1. The van der Waals surface area contributed by atoms with E-state index in [-0.39, 0.29) is 0 Å². The molecule has 0 bridgehead atoms. The zero-order valence-corrected chi connectivity index (χ0v) is 10.3. The number of H-pyrrole nitrogens is 1. The van der Waals surface area contributed by atoms with Crippen LogP contribution >= 0.6 is 0 Å². The standard InChI is InChI=1S/C15H15NO/c1-9-10(2)16-15-11(9)7-8-12-13(15)5-4-6-14(12)17-3/h4-8,16H,1-3H3. The minimum Gasteiger partial charge on any atom is -0.496 e. The first-order chi connectivity index (χ1) is 8.22. The van der Waals surface area contributed by atoms with Gasteiger partial charge in [-0.1, -0.05) is 18.2 Å². The minimum atomic E-state index is 0.925. The zero-order chi connectivity index (χ0) is 12.0. The second-order valence-electron chi connectivity index (χ2n) is 4.42. The molecule has 3 rings (SSSR count). The van der Waals surface area contributed by atoms with Crippen molar-refractivity contribution in [1.82, 2.24) is 4.98 Å². The fraction of sp³-hybridized carbons (Fsp3) is 0.200. The molecule has 0 spiro atoms. The summed E-state index contributed by atoms with van der Waals surface area (Å²) in [6.45, 7) is 4.27. The summed E-state index contributed by atoms with van der Waals surface area (Å²) in [6.07, 6.45) is 0. The molecule has 2 heteroatoms. The number of hydrogen-bond donors (Lipinski definition) is 1. The number of nitrogens with one attached hydrogen (secondary N) is 1. The van der Waals surface area contributed by atoms with E-state index in [2.05, 4.69) is 37.0 Å². The van der Waals surface area contributed by atoms with Crippen LogP contribution in [0.25, 0.3) is 21.7 Å². The number of aromatic amines is 1. The van der Waals surface area contributed by atoms with E-state index in [0.29, 0.717) is 0 Å². The second kappa shape index (κ2) is 3.52. The third-order valence-electron chi connectivity index (χ3n) is 3.52. The number of benzene rings is 2. The van der Waals surface area contributed by atoms with Gasteiger partial charge in [0.15, 0.2) is 0 Å². The SMILES string of the molecule is COc1cccc2c1ccc1c(C)c(C)[nH]c12. The van der Waals surface area contributed by atoms with E-state index in [1.165, 1.54) is 27.5 Å². The van der Waals surface area contributed by atoms with E-state index in [4.69, 9.17) is 4.74 Å². The quantitative estimate of drug-likeness (QED) is 0.666. The molecule has 0 radical (unpaired) electrons. The Morgan fingerprint density at radius 3 is 2.47 bits per heavy atom. The van der Waals surface area contributed by atoms with Crippen LogP contribution in [0.2, 0.25) is 0 Å². The normalized spacial score (nSPS) is 11.2. The Kier molecular flexibility index (Phi) is 2.11. The highest BCUT2D eigenvalue weighted by molar-refractivity contribution is 6.08. The summed E-state index contributed by atoms with van der Waals surface area (Å²) in [5, 5.41) is 3.67. The van der Waals surface area contributed by atoms with Crippen molar-refractivity contribution in [2.45, 2.75) is 13.8 Å². The maximum atomic E-state index is 5.40. The second-order valence-corrected chi connectivity index (χ2v) is 4.42. The minimum absolute atomic E-state index is 0.925. The molecule has 1 N–H and O–H groups in total. The highest BCUT2D eigenvalue weighted by Gasteiger charge is 2.09. The molecule has 0 aliphatic heterocycles. The van der Waals surface area contributed by atoms with E-state index in [9.17, 15) is 0 Å². The first kappa shape index (κ1) is 10.2. The van der Waals surface area contributed by atoms with Crippen molar-refractivity contribution < 1.29 is 4.74 Å². The summed E-state index contributed by atoms with van der Waals surface area (Å²) >= 11 is 0. The van der Waals surface area contributed by atoms with E-state index in [0.717, 1.165) is 11.1 Å². The lowest BCUT2D eigenvalue weighted by Gasteiger charge is -2.05. The van der Waals surface area contributed by atoms with Crippen molar-refractivity contribution in [3.05, 3.63) is 41.6 Å². The van der Waals surface area contributed by atoms with Crippen LogP contribution in [-0.4, -0.2) is 12.1 Å². The molecule has 0 saturated carbocycles. The maximum Gasteiger partial charge on any atom is 0.126 e. The Hall–Kier alpha value is -1.96. The zero-order valence-electron chi connectivity index (χ0n) is 10.3. The molecule has 0 atom stereocenters. The third kappa shape index (κ3) is 1.34. The number of rotatable bonds is 1. The predicted octanol–water partition coefficient (Wildman–Crippen LogP) is 3.95. The molecule has 2 aromatic carbocycles. The van der Waals surface area contributed by atoms with E-state index < -0.39 is 0 Å². The van der Waals surface area contributed by atoms with Crippen molar-refractivity contribution in [1.29, 1.82) is 0 Å². The van der Waals surface area contributed by atoms with Crippen LogP contribution in [0.5, 0.6) is 5.75 Å². The Balaban J connectivity index is 2.52. The highest BCUT2D eigenvalue weighted by atomic mass is 16.5. The van der Waals surface area contributed by atoms with Gasteiger partial charge in [-0.25, -0.2) is 0 Å². The van der Waals surface area contributed by atoms with Gasteiger partial charge in [-0.3, -0.25) is 0 Å². The maximum absolute atomic E-state index is 5.40. The molecule has 0 amide bonds. The van der Waals surface area contributed by atoms with Crippen LogP contribution in [0.4, 0.5) is 0 Å². The summed E-state index contributed by atoms with van der Waals surface area (Å²) in [6, 6.07) is 10.5. The molecular formula is C15H15NO.